The fourth-order valence-corrected chi connectivity index (χ4v) is 2.66. The van der Waals surface area contributed by atoms with Gasteiger partial charge in [0.25, 0.3) is 0 Å². The van der Waals surface area contributed by atoms with E-state index >= 15 is 0 Å². The molecule has 0 amide bonds. The van der Waals surface area contributed by atoms with Crippen molar-refractivity contribution in [3.63, 3.8) is 0 Å². The van der Waals surface area contributed by atoms with E-state index in [4.69, 9.17) is 23.2 Å². The Hall–Kier alpha value is -0.310. The number of hydrogen-bond acceptors (Lipinski definition) is 1. The molecule has 1 aliphatic carbocycles. The van der Waals surface area contributed by atoms with Crippen molar-refractivity contribution < 1.29 is 4.39 Å². The fourth-order valence-electron chi connectivity index (χ4n) is 1.92. The van der Waals surface area contributed by atoms with Crippen LogP contribution in [0.25, 0.3) is 0 Å². The maximum atomic E-state index is 13.4. The zero-order valence-electron chi connectivity index (χ0n) is 8.85. The minimum Gasteiger partial charge on any atom is -0.312 e. The molecule has 0 spiro atoms. The third-order valence-corrected chi connectivity index (χ3v) is 3.69. The first-order valence-corrected chi connectivity index (χ1v) is 6.26. The standard InChI is InChI=1S/C12H14Cl2FN/c13-9-4-8(5-9)6-16-7-10-11(14)2-1-3-12(10)15/h1-3,8-9,16H,4-7H2. The molecule has 1 fully saturated rings. The number of hydrogen-bond donors (Lipinski definition) is 1. The minimum absolute atomic E-state index is 0.246. The molecule has 2 rings (SSSR count). The van der Waals surface area contributed by atoms with Gasteiger partial charge in [-0.05, 0) is 37.4 Å². The average Bonchev–Trinajstić information content (AvgIpc) is 2.19. The molecule has 0 radical (unpaired) electrons. The molecule has 0 aliphatic heterocycles. The van der Waals surface area contributed by atoms with E-state index in [0.29, 0.717) is 28.4 Å². The van der Waals surface area contributed by atoms with Crippen molar-refractivity contribution in [2.24, 2.45) is 5.92 Å². The summed E-state index contributed by atoms with van der Waals surface area (Å²) >= 11 is 11.8. The van der Waals surface area contributed by atoms with Gasteiger partial charge in [0, 0.05) is 22.5 Å². The smallest absolute Gasteiger partial charge is 0.129 e. The van der Waals surface area contributed by atoms with E-state index in [9.17, 15) is 4.39 Å². The molecule has 1 N–H and O–H groups in total. The number of benzene rings is 1. The van der Waals surface area contributed by atoms with Gasteiger partial charge in [0.2, 0.25) is 0 Å². The Balaban J connectivity index is 1.81. The first kappa shape index (κ1) is 12.2. The number of alkyl halides is 1. The highest BCUT2D eigenvalue weighted by Crippen LogP contribution is 2.31. The van der Waals surface area contributed by atoms with Gasteiger partial charge in [-0.2, -0.15) is 0 Å². The predicted molar refractivity (Wildman–Crippen MR) is 65.5 cm³/mol. The third-order valence-electron chi connectivity index (χ3n) is 2.97. The highest BCUT2D eigenvalue weighted by molar-refractivity contribution is 6.31. The summed E-state index contributed by atoms with van der Waals surface area (Å²) in [6.45, 7) is 1.36. The molecule has 0 saturated heterocycles. The molecular formula is C12H14Cl2FN. The van der Waals surface area contributed by atoms with Gasteiger partial charge in [0.15, 0.2) is 0 Å². The van der Waals surface area contributed by atoms with Crippen molar-refractivity contribution in [1.82, 2.24) is 5.32 Å². The molecule has 1 aliphatic rings. The van der Waals surface area contributed by atoms with Crippen LogP contribution < -0.4 is 5.32 Å². The first-order chi connectivity index (χ1) is 7.66. The normalized spacial score (nSPS) is 24.2. The number of rotatable bonds is 4. The molecule has 4 heteroatoms. The predicted octanol–water partition coefficient (Wildman–Crippen LogP) is 3.59. The molecule has 0 bridgehead atoms. The lowest BCUT2D eigenvalue weighted by molar-refractivity contribution is 0.308. The lowest BCUT2D eigenvalue weighted by Crippen LogP contribution is -2.33. The van der Waals surface area contributed by atoms with E-state index in [2.05, 4.69) is 5.32 Å². The summed E-state index contributed by atoms with van der Waals surface area (Å²) in [6.07, 6.45) is 2.11. The Morgan fingerprint density at radius 3 is 2.75 bits per heavy atom. The Morgan fingerprint density at radius 1 is 1.38 bits per heavy atom. The monoisotopic (exact) mass is 261 g/mol. The van der Waals surface area contributed by atoms with E-state index in [-0.39, 0.29) is 5.82 Å². The van der Waals surface area contributed by atoms with E-state index in [1.807, 2.05) is 0 Å². The summed E-state index contributed by atoms with van der Waals surface area (Å²) in [5, 5.41) is 4.04. The molecule has 1 nitrogen and oxygen atoms in total. The van der Waals surface area contributed by atoms with Gasteiger partial charge in [-0.25, -0.2) is 4.39 Å². The van der Waals surface area contributed by atoms with Gasteiger partial charge >= 0.3 is 0 Å². The highest BCUT2D eigenvalue weighted by atomic mass is 35.5. The Labute approximate surface area is 105 Å². The van der Waals surface area contributed by atoms with Crippen molar-refractivity contribution in [2.75, 3.05) is 6.54 Å². The van der Waals surface area contributed by atoms with E-state index in [1.165, 1.54) is 6.07 Å². The lowest BCUT2D eigenvalue weighted by Gasteiger charge is -2.31. The molecule has 1 saturated carbocycles. The summed E-state index contributed by atoms with van der Waals surface area (Å²) in [5.74, 6) is 0.386. The van der Waals surface area contributed by atoms with Crippen molar-refractivity contribution >= 4 is 23.2 Å². The molecule has 0 unspecified atom stereocenters. The van der Waals surface area contributed by atoms with E-state index in [1.54, 1.807) is 12.1 Å². The number of nitrogens with one attached hydrogen (secondary N) is 1. The molecular weight excluding hydrogens is 248 g/mol. The lowest BCUT2D eigenvalue weighted by atomic mass is 9.85. The summed E-state index contributed by atoms with van der Waals surface area (Å²) in [7, 11) is 0. The largest absolute Gasteiger partial charge is 0.312 e. The second-order valence-corrected chi connectivity index (χ2v) is 5.29. The van der Waals surface area contributed by atoms with E-state index in [0.717, 1.165) is 19.4 Å². The van der Waals surface area contributed by atoms with Crippen LogP contribution in [0.5, 0.6) is 0 Å². The summed E-state index contributed by atoms with van der Waals surface area (Å²) in [5.41, 5.74) is 0.547. The summed E-state index contributed by atoms with van der Waals surface area (Å²) < 4.78 is 13.4. The van der Waals surface area contributed by atoms with Crippen LogP contribution in [0.3, 0.4) is 0 Å². The van der Waals surface area contributed by atoms with Crippen LogP contribution in [0.1, 0.15) is 18.4 Å². The maximum absolute atomic E-state index is 13.4. The Bertz CT molecular complexity index is 344. The molecule has 1 aromatic carbocycles. The van der Waals surface area contributed by atoms with Gasteiger partial charge in [0.1, 0.15) is 5.82 Å². The molecule has 88 valence electrons. The van der Waals surface area contributed by atoms with Crippen molar-refractivity contribution in [2.45, 2.75) is 24.8 Å². The maximum Gasteiger partial charge on any atom is 0.129 e. The van der Waals surface area contributed by atoms with Gasteiger partial charge in [-0.3, -0.25) is 0 Å². The zero-order chi connectivity index (χ0) is 11.5. The fraction of sp³-hybridized carbons (Fsp3) is 0.500. The van der Waals surface area contributed by atoms with Crippen LogP contribution in [0, 0.1) is 11.7 Å². The average molecular weight is 262 g/mol. The topological polar surface area (TPSA) is 12.0 Å². The van der Waals surface area contributed by atoms with Crippen LogP contribution in [0.15, 0.2) is 18.2 Å². The first-order valence-electron chi connectivity index (χ1n) is 5.44. The van der Waals surface area contributed by atoms with Crippen molar-refractivity contribution in [1.29, 1.82) is 0 Å². The van der Waals surface area contributed by atoms with Crippen molar-refractivity contribution in [3.8, 4) is 0 Å². The molecule has 16 heavy (non-hydrogen) atoms. The second-order valence-electron chi connectivity index (χ2n) is 4.27. The SMILES string of the molecule is Fc1cccc(Cl)c1CNCC1CC(Cl)C1. The third kappa shape index (κ3) is 2.88. The van der Waals surface area contributed by atoms with Crippen LogP contribution >= 0.6 is 23.2 Å². The summed E-state index contributed by atoms with van der Waals surface area (Å²) in [4.78, 5) is 0. The molecule has 1 aromatic rings. The zero-order valence-corrected chi connectivity index (χ0v) is 10.4. The van der Waals surface area contributed by atoms with Crippen molar-refractivity contribution in [3.05, 3.63) is 34.6 Å². The van der Waals surface area contributed by atoms with E-state index < -0.39 is 0 Å². The van der Waals surface area contributed by atoms with Crippen LogP contribution in [-0.4, -0.2) is 11.9 Å². The van der Waals surface area contributed by atoms with Crippen LogP contribution in [0.4, 0.5) is 4.39 Å². The molecule has 0 heterocycles. The Kier molecular flexibility index (Phi) is 4.06. The highest BCUT2D eigenvalue weighted by Gasteiger charge is 2.26. The number of halogens is 3. The van der Waals surface area contributed by atoms with Gasteiger partial charge in [-0.15, -0.1) is 11.6 Å². The van der Waals surface area contributed by atoms with Gasteiger partial charge < -0.3 is 5.32 Å². The van der Waals surface area contributed by atoms with Crippen LogP contribution in [0.2, 0.25) is 5.02 Å². The Morgan fingerprint density at radius 2 is 2.12 bits per heavy atom. The summed E-state index contributed by atoms with van der Waals surface area (Å²) in [6, 6.07) is 4.76. The van der Waals surface area contributed by atoms with Gasteiger partial charge in [0.05, 0.1) is 0 Å². The quantitative estimate of drug-likeness (QED) is 0.818. The second kappa shape index (κ2) is 5.35. The molecule has 0 atom stereocenters. The minimum atomic E-state index is -0.246. The molecule has 0 aromatic heterocycles. The van der Waals surface area contributed by atoms with Crippen LogP contribution in [-0.2, 0) is 6.54 Å². The van der Waals surface area contributed by atoms with Gasteiger partial charge in [-0.1, -0.05) is 17.7 Å².